The molecule has 0 aliphatic heterocycles. The Bertz CT molecular complexity index is 342. The first-order chi connectivity index (χ1) is 7.79. The Hall–Kier alpha value is -0.540. The molecule has 0 radical (unpaired) electrons. The van der Waals surface area contributed by atoms with Gasteiger partial charge in [-0.25, -0.2) is 0 Å². The number of rotatable bonds is 3. The lowest BCUT2D eigenvalue weighted by Gasteiger charge is -2.31. The van der Waals surface area contributed by atoms with Gasteiger partial charge in [-0.2, -0.15) is 0 Å². The van der Waals surface area contributed by atoms with Crippen molar-refractivity contribution in [3.8, 4) is 5.75 Å². The molecule has 2 atom stereocenters. The lowest BCUT2D eigenvalue weighted by atomic mass is 9.86. The molecule has 2 rings (SSSR count). The highest BCUT2D eigenvalue weighted by Gasteiger charge is 2.25. The molecule has 1 aliphatic rings. The maximum absolute atomic E-state index is 6.03. The Morgan fingerprint density at radius 3 is 2.88 bits per heavy atom. The van der Waals surface area contributed by atoms with Gasteiger partial charge in [-0.05, 0) is 44.0 Å². The summed E-state index contributed by atoms with van der Waals surface area (Å²) >= 11 is 3.45. The van der Waals surface area contributed by atoms with Crippen molar-refractivity contribution in [2.24, 2.45) is 11.7 Å². The van der Waals surface area contributed by atoms with Crippen LogP contribution in [0, 0.1) is 5.92 Å². The van der Waals surface area contributed by atoms with Crippen molar-refractivity contribution in [3.63, 3.8) is 0 Å². The molecule has 0 saturated heterocycles. The molecule has 2 N–H and O–H groups in total. The van der Waals surface area contributed by atoms with Crippen LogP contribution >= 0.6 is 15.9 Å². The number of ether oxygens (including phenoxy) is 1. The van der Waals surface area contributed by atoms with Crippen LogP contribution in [0.2, 0.25) is 0 Å². The Morgan fingerprint density at radius 1 is 1.31 bits per heavy atom. The van der Waals surface area contributed by atoms with E-state index in [1.807, 2.05) is 24.3 Å². The van der Waals surface area contributed by atoms with Crippen LogP contribution in [0.25, 0.3) is 0 Å². The number of hydrogen-bond donors (Lipinski definition) is 1. The molecule has 2 unspecified atom stereocenters. The average molecular weight is 284 g/mol. The largest absolute Gasteiger partial charge is 0.490 e. The van der Waals surface area contributed by atoms with Crippen molar-refractivity contribution in [2.75, 3.05) is 6.54 Å². The Labute approximate surface area is 105 Å². The zero-order chi connectivity index (χ0) is 11.4. The highest BCUT2D eigenvalue weighted by atomic mass is 79.9. The maximum Gasteiger partial charge on any atom is 0.120 e. The van der Waals surface area contributed by atoms with Gasteiger partial charge < -0.3 is 10.5 Å². The van der Waals surface area contributed by atoms with Gasteiger partial charge in [0.05, 0.1) is 0 Å². The molecule has 0 heterocycles. The van der Waals surface area contributed by atoms with Crippen LogP contribution in [0.15, 0.2) is 28.7 Å². The third-order valence-corrected chi connectivity index (χ3v) is 3.72. The Balaban J connectivity index is 2.02. The molecule has 1 fully saturated rings. The molecular formula is C13H18BrNO. The first-order valence-electron chi connectivity index (χ1n) is 5.92. The minimum atomic E-state index is 0.299. The lowest BCUT2D eigenvalue weighted by Crippen LogP contribution is -2.35. The smallest absolute Gasteiger partial charge is 0.120 e. The van der Waals surface area contributed by atoms with E-state index < -0.39 is 0 Å². The van der Waals surface area contributed by atoms with Crippen LogP contribution < -0.4 is 10.5 Å². The van der Waals surface area contributed by atoms with Crippen LogP contribution in [0.1, 0.15) is 25.7 Å². The predicted molar refractivity (Wildman–Crippen MR) is 69.6 cm³/mol. The van der Waals surface area contributed by atoms with Gasteiger partial charge in [-0.1, -0.05) is 28.4 Å². The van der Waals surface area contributed by atoms with Gasteiger partial charge in [0.1, 0.15) is 11.9 Å². The summed E-state index contributed by atoms with van der Waals surface area (Å²) in [5.41, 5.74) is 5.79. The minimum Gasteiger partial charge on any atom is -0.490 e. The van der Waals surface area contributed by atoms with E-state index in [2.05, 4.69) is 15.9 Å². The summed E-state index contributed by atoms with van der Waals surface area (Å²) in [5, 5.41) is 0. The number of halogens is 1. The third kappa shape index (κ3) is 2.98. The highest BCUT2D eigenvalue weighted by molar-refractivity contribution is 9.10. The topological polar surface area (TPSA) is 35.2 Å². The van der Waals surface area contributed by atoms with Crippen LogP contribution in [0.4, 0.5) is 0 Å². The minimum absolute atomic E-state index is 0.299. The number of hydrogen-bond acceptors (Lipinski definition) is 2. The van der Waals surface area contributed by atoms with Gasteiger partial charge in [-0.15, -0.1) is 0 Å². The summed E-state index contributed by atoms with van der Waals surface area (Å²) in [6.45, 7) is 0.735. The monoisotopic (exact) mass is 283 g/mol. The quantitative estimate of drug-likeness (QED) is 0.923. The second-order valence-corrected chi connectivity index (χ2v) is 5.31. The SMILES string of the molecule is NCC1CCCCC1Oc1cccc(Br)c1. The molecule has 2 nitrogen and oxygen atoms in total. The van der Waals surface area contributed by atoms with Crippen LogP contribution in [-0.2, 0) is 0 Å². The molecule has 0 aromatic heterocycles. The fourth-order valence-electron chi connectivity index (χ4n) is 2.31. The standard InChI is InChI=1S/C13H18BrNO/c14-11-5-3-6-12(8-11)16-13-7-2-1-4-10(13)9-15/h3,5-6,8,10,13H,1-2,4,7,9,15H2. The van der Waals surface area contributed by atoms with E-state index in [-0.39, 0.29) is 0 Å². The van der Waals surface area contributed by atoms with Gasteiger partial charge in [0.2, 0.25) is 0 Å². The van der Waals surface area contributed by atoms with E-state index in [1.54, 1.807) is 0 Å². The zero-order valence-electron chi connectivity index (χ0n) is 9.36. The van der Waals surface area contributed by atoms with E-state index in [0.29, 0.717) is 12.0 Å². The summed E-state index contributed by atoms with van der Waals surface area (Å²) in [7, 11) is 0. The van der Waals surface area contributed by atoms with E-state index in [0.717, 1.165) is 23.2 Å². The lowest BCUT2D eigenvalue weighted by molar-refractivity contribution is 0.0969. The van der Waals surface area contributed by atoms with Crippen molar-refractivity contribution < 1.29 is 4.74 Å². The van der Waals surface area contributed by atoms with Gasteiger partial charge in [0.25, 0.3) is 0 Å². The molecule has 0 spiro atoms. The normalized spacial score (nSPS) is 25.4. The van der Waals surface area contributed by atoms with Gasteiger partial charge in [0.15, 0.2) is 0 Å². The summed E-state index contributed by atoms with van der Waals surface area (Å²) in [5.74, 6) is 1.47. The summed E-state index contributed by atoms with van der Waals surface area (Å²) in [4.78, 5) is 0. The highest BCUT2D eigenvalue weighted by Crippen LogP contribution is 2.28. The second-order valence-electron chi connectivity index (χ2n) is 4.39. The van der Waals surface area contributed by atoms with E-state index >= 15 is 0 Å². The summed E-state index contributed by atoms with van der Waals surface area (Å²) in [6, 6.07) is 8.03. The Morgan fingerprint density at radius 2 is 2.12 bits per heavy atom. The van der Waals surface area contributed by atoms with Gasteiger partial charge >= 0.3 is 0 Å². The third-order valence-electron chi connectivity index (χ3n) is 3.23. The number of benzene rings is 1. The molecule has 1 aromatic rings. The molecule has 3 heteroatoms. The van der Waals surface area contributed by atoms with Crippen molar-refractivity contribution in [3.05, 3.63) is 28.7 Å². The molecular weight excluding hydrogens is 266 g/mol. The summed E-state index contributed by atoms with van der Waals surface area (Å²) in [6.07, 6.45) is 5.19. The van der Waals surface area contributed by atoms with Crippen LogP contribution in [0.3, 0.4) is 0 Å². The fourth-order valence-corrected chi connectivity index (χ4v) is 2.69. The molecule has 88 valence electrons. The van der Waals surface area contributed by atoms with Gasteiger partial charge in [0, 0.05) is 10.4 Å². The van der Waals surface area contributed by atoms with Crippen LogP contribution in [-0.4, -0.2) is 12.6 Å². The maximum atomic E-state index is 6.03. The zero-order valence-corrected chi connectivity index (χ0v) is 10.9. The second kappa shape index (κ2) is 5.69. The summed E-state index contributed by atoms with van der Waals surface area (Å²) < 4.78 is 7.09. The Kier molecular flexibility index (Phi) is 4.24. The molecule has 0 amide bonds. The molecule has 0 bridgehead atoms. The van der Waals surface area contributed by atoms with Gasteiger partial charge in [-0.3, -0.25) is 0 Å². The average Bonchev–Trinajstić information content (AvgIpc) is 2.30. The van der Waals surface area contributed by atoms with Crippen molar-refractivity contribution in [2.45, 2.75) is 31.8 Å². The first kappa shape index (κ1) is 11.9. The van der Waals surface area contributed by atoms with Crippen molar-refractivity contribution >= 4 is 15.9 Å². The fraction of sp³-hybridized carbons (Fsp3) is 0.538. The van der Waals surface area contributed by atoms with Crippen molar-refractivity contribution in [1.82, 2.24) is 0 Å². The van der Waals surface area contributed by atoms with E-state index in [1.165, 1.54) is 19.3 Å². The first-order valence-corrected chi connectivity index (χ1v) is 6.71. The molecule has 16 heavy (non-hydrogen) atoms. The van der Waals surface area contributed by atoms with E-state index in [9.17, 15) is 0 Å². The molecule has 1 aliphatic carbocycles. The van der Waals surface area contributed by atoms with E-state index in [4.69, 9.17) is 10.5 Å². The predicted octanol–water partition coefficient (Wildman–Crippen LogP) is 3.35. The molecule has 1 saturated carbocycles. The van der Waals surface area contributed by atoms with Crippen LogP contribution in [0.5, 0.6) is 5.75 Å². The van der Waals surface area contributed by atoms with Crippen molar-refractivity contribution in [1.29, 1.82) is 0 Å². The molecule has 1 aromatic carbocycles. The number of nitrogens with two attached hydrogens (primary N) is 1.